The standard InChI is InChI=1S/C24H22OSi/c1-26(2,3)18-17-24(25)23-16-14-20-11-7-8-12-21(20)22(23)15-13-19-9-5-4-6-10-19/h4-12,14,16,24-25H,1-3H3. The van der Waals surface area contributed by atoms with Gasteiger partial charge in [0.2, 0.25) is 0 Å². The molecule has 0 amide bonds. The van der Waals surface area contributed by atoms with Gasteiger partial charge in [-0.2, -0.15) is 0 Å². The lowest BCUT2D eigenvalue weighted by molar-refractivity contribution is 0.238. The smallest absolute Gasteiger partial charge is 0.140 e. The van der Waals surface area contributed by atoms with Gasteiger partial charge >= 0.3 is 0 Å². The van der Waals surface area contributed by atoms with E-state index in [1.165, 1.54) is 0 Å². The topological polar surface area (TPSA) is 20.2 Å². The molecule has 3 aromatic carbocycles. The molecule has 0 fully saturated rings. The maximum atomic E-state index is 10.7. The molecule has 128 valence electrons. The molecular formula is C24H22OSi. The normalized spacial score (nSPS) is 11.8. The average molecular weight is 355 g/mol. The molecule has 3 rings (SSSR count). The van der Waals surface area contributed by atoms with Gasteiger partial charge in [0.1, 0.15) is 14.2 Å². The Bertz CT molecular complexity index is 1040. The molecule has 0 saturated carbocycles. The van der Waals surface area contributed by atoms with Gasteiger partial charge in [0.05, 0.1) is 0 Å². The first-order valence-corrected chi connectivity index (χ1v) is 12.2. The van der Waals surface area contributed by atoms with E-state index < -0.39 is 14.2 Å². The Hall–Kier alpha value is -2.78. The fourth-order valence-corrected chi connectivity index (χ4v) is 3.24. The van der Waals surface area contributed by atoms with Crippen LogP contribution in [0.15, 0.2) is 66.7 Å². The molecule has 0 saturated heterocycles. The average Bonchev–Trinajstić information content (AvgIpc) is 2.64. The van der Waals surface area contributed by atoms with Crippen molar-refractivity contribution in [2.24, 2.45) is 0 Å². The molecule has 0 heterocycles. The van der Waals surface area contributed by atoms with Crippen molar-refractivity contribution in [1.82, 2.24) is 0 Å². The first kappa shape index (κ1) is 18.0. The van der Waals surface area contributed by atoms with Crippen LogP contribution in [0.1, 0.15) is 22.8 Å². The van der Waals surface area contributed by atoms with Gasteiger partial charge in [-0.3, -0.25) is 0 Å². The maximum Gasteiger partial charge on any atom is 0.140 e. The van der Waals surface area contributed by atoms with Crippen LogP contribution in [-0.2, 0) is 0 Å². The first-order valence-electron chi connectivity index (χ1n) is 8.73. The minimum absolute atomic E-state index is 0.776. The van der Waals surface area contributed by atoms with Crippen LogP contribution in [-0.4, -0.2) is 13.2 Å². The summed E-state index contributed by atoms with van der Waals surface area (Å²) in [6.07, 6.45) is -0.827. The predicted octanol–water partition coefficient (Wildman–Crippen LogP) is 5.15. The SMILES string of the molecule is C[Si](C)(C)C#CC(O)c1ccc2ccccc2c1C#Cc1ccccc1. The van der Waals surface area contributed by atoms with Crippen LogP contribution in [0.5, 0.6) is 0 Å². The highest BCUT2D eigenvalue weighted by molar-refractivity contribution is 6.83. The maximum absolute atomic E-state index is 10.7. The van der Waals surface area contributed by atoms with Crippen molar-refractivity contribution in [3.05, 3.63) is 83.4 Å². The second-order valence-electron chi connectivity index (χ2n) is 7.29. The van der Waals surface area contributed by atoms with Gasteiger partial charge in [0.25, 0.3) is 0 Å². The second kappa shape index (κ2) is 7.62. The number of rotatable bonds is 1. The summed E-state index contributed by atoms with van der Waals surface area (Å²) >= 11 is 0. The molecule has 2 heteroatoms. The lowest BCUT2D eigenvalue weighted by atomic mass is 9.96. The number of aliphatic hydroxyl groups is 1. The van der Waals surface area contributed by atoms with Crippen molar-refractivity contribution in [3.8, 4) is 23.3 Å². The molecule has 0 bridgehead atoms. The van der Waals surface area contributed by atoms with Gasteiger partial charge in [-0.1, -0.05) is 92.0 Å². The van der Waals surface area contributed by atoms with E-state index in [-0.39, 0.29) is 0 Å². The highest BCUT2D eigenvalue weighted by Crippen LogP contribution is 2.26. The predicted molar refractivity (Wildman–Crippen MR) is 112 cm³/mol. The second-order valence-corrected chi connectivity index (χ2v) is 12.0. The highest BCUT2D eigenvalue weighted by atomic mass is 28.3. The summed E-state index contributed by atoms with van der Waals surface area (Å²) in [5.41, 5.74) is 5.84. The van der Waals surface area contributed by atoms with Crippen molar-refractivity contribution in [3.63, 3.8) is 0 Å². The fraction of sp³-hybridized carbons (Fsp3) is 0.167. The fourth-order valence-electron chi connectivity index (χ4n) is 2.67. The zero-order valence-corrected chi connectivity index (χ0v) is 16.4. The van der Waals surface area contributed by atoms with Gasteiger partial charge in [0, 0.05) is 16.7 Å². The van der Waals surface area contributed by atoms with Crippen molar-refractivity contribution >= 4 is 18.8 Å². The third-order valence-corrected chi connectivity index (χ3v) is 4.84. The van der Waals surface area contributed by atoms with E-state index in [1.807, 2.05) is 60.7 Å². The number of hydrogen-bond donors (Lipinski definition) is 1. The van der Waals surface area contributed by atoms with Gasteiger partial charge in [-0.05, 0) is 22.9 Å². The van der Waals surface area contributed by atoms with Crippen LogP contribution in [0.2, 0.25) is 19.6 Å². The number of fused-ring (bicyclic) bond motifs is 1. The number of benzene rings is 3. The Morgan fingerprint density at radius 2 is 1.50 bits per heavy atom. The van der Waals surface area contributed by atoms with Crippen LogP contribution >= 0.6 is 0 Å². The van der Waals surface area contributed by atoms with Crippen LogP contribution in [0, 0.1) is 23.3 Å². The Morgan fingerprint density at radius 3 is 2.23 bits per heavy atom. The Morgan fingerprint density at radius 1 is 0.808 bits per heavy atom. The third-order valence-electron chi connectivity index (χ3n) is 3.95. The molecule has 0 aliphatic rings. The van der Waals surface area contributed by atoms with Crippen LogP contribution in [0.4, 0.5) is 0 Å². The summed E-state index contributed by atoms with van der Waals surface area (Å²) in [5.74, 6) is 9.55. The molecule has 0 radical (unpaired) electrons. The van der Waals surface area contributed by atoms with Crippen LogP contribution in [0.25, 0.3) is 10.8 Å². The molecule has 3 aromatic rings. The Labute approximate surface area is 156 Å². The molecule has 0 spiro atoms. The molecule has 1 N–H and O–H groups in total. The van der Waals surface area contributed by atoms with Crippen molar-refractivity contribution < 1.29 is 5.11 Å². The molecule has 0 aromatic heterocycles. The summed E-state index contributed by atoms with van der Waals surface area (Å²) in [7, 11) is -1.55. The third kappa shape index (κ3) is 4.44. The zero-order chi connectivity index (χ0) is 18.6. The van der Waals surface area contributed by atoms with E-state index in [0.717, 1.165) is 27.5 Å². The minimum atomic E-state index is -1.55. The van der Waals surface area contributed by atoms with Crippen LogP contribution in [0.3, 0.4) is 0 Å². The molecule has 0 aliphatic heterocycles. The summed E-state index contributed by atoms with van der Waals surface area (Å²) in [5, 5.41) is 12.9. The molecule has 1 atom stereocenters. The quantitative estimate of drug-likeness (QED) is 0.473. The van der Waals surface area contributed by atoms with Crippen molar-refractivity contribution in [2.75, 3.05) is 0 Å². The minimum Gasteiger partial charge on any atom is -0.376 e. The molecule has 26 heavy (non-hydrogen) atoms. The van der Waals surface area contributed by atoms with Gasteiger partial charge in [-0.25, -0.2) is 0 Å². The van der Waals surface area contributed by atoms with E-state index >= 15 is 0 Å². The van der Waals surface area contributed by atoms with Crippen LogP contribution < -0.4 is 0 Å². The Kier molecular flexibility index (Phi) is 5.28. The monoisotopic (exact) mass is 354 g/mol. The largest absolute Gasteiger partial charge is 0.376 e. The van der Waals surface area contributed by atoms with Crippen molar-refractivity contribution in [2.45, 2.75) is 25.7 Å². The van der Waals surface area contributed by atoms with E-state index in [2.05, 4.69) is 49.0 Å². The molecular weight excluding hydrogens is 332 g/mol. The first-order chi connectivity index (χ1) is 12.4. The summed E-state index contributed by atoms with van der Waals surface area (Å²) in [6.45, 7) is 6.51. The molecule has 1 nitrogen and oxygen atoms in total. The number of hydrogen-bond acceptors (Lipinski definition) is 1. The van der Waals surface area contributed by atoms with Gasteiger partial charge < -0.3 is 5.11 Å². The summed E-state index contributed by atoms with van der Waals surface area (Å²) in [6, 6.07) is 22.0. The molecule has 1 unspecified atom stereocenters. The van der Waals surface area contributed by atoms with E-state index in [4.69, 9.17) is 0 Å². The van der Waals surface area contributed by atoms with Gasteiger partial charge in [0.15, 0.2) is 0 Å². The Balaban J connectivity index is 2.14. The molecule has 0 aliphatic carbocycles. The summed E-state index contributed by atoms with van der Waals surface area (Å²) < 4.78 is 0. The van der Waals surface area contributed by atoms with Gasteiger partial charge in [-0.15, -0.1) is 5.54 Å². The highest BCUT2D eigenvalue weighted by Gasteiger charge is 2.14. The number of aliphatic hydroxyl groups excluding tert-OH is 1. The zero-order valence-electron chi connectivity index (χ0n) is 15.4. The van der Waals surface area contributed by atoms with E-state index in [0.29, 0.717) is 0 Å². The van der Waals surface area contributed by atoms with Crippen molar-refractivity contribution in [1.29, 1.82) is 0 Å². The summed E-state index contributed by atoms with van der Waals surface area (Å²) in [4.78, 5) is 0. The lowest BCUT2D eigenvalue weighted by Crippen LogP contribution is -2.17. The van der Waals surface area contributed by atoms with E-state index in [1.54, 1.807) is 0 Å². The lowest BCUT2D eigenvalue weighted by Gasteiger charge is -2.12. The van der Waals surface area contributed by atoms with E-state index in [9.17, 15) is 5.11 Å².